The largest absolute Gasteiger partial charge is 0.295 e. The van der Waals surface area contributed by atoms with Gasteiger partial charge in [0.1, 0.15) is 4.90 Å². The Morgan fingerprint density at radius 1 is 1.35 bits per heavy atom. The van der Waals surface area contributed by atoms with Gasteiger partial charge in [-0.15, -0.1) is 0 Å². The maximum Gasteiger partial charge on any atom is 0.295 e. The molecule has 0 spiro atoms. The summed E-state index contributed by atoms with van der Waals surface area (Å²) in [7, 11) is -4.18. The lowest BCUT2D eigenvalue weighted by Gasteiger charge is -2.20. The molecular formula is C11H12INO3S. The molecule has 0 bridgehead atoms. The average molecular weight is 365 g/mol. The van der Waals surface area contributed by atoms with Gasteiger partial charge in [-0.3, -0.25) is 9.55 Å². The van der Waals surface area contributed by atoms with Crippen molar-refractivity contribution in [2.75, 3.05) is 0 Å². The standard InChI is InChI=1S/C11H12INO3S/c1-6-11(2,3)7-4-10(17(14,15)16)8(12)5-9(7)13-6/h4-5H,1-3H3,(H,14,15,16). The Morgan fingerprint density at radius 2 is 1.94 bits per heavy atom. The molecule has 1 aromatic carbocycles. The second kappa shape index (κ2) is 3.76. The lowest BCUT2D eigenvalue weighted by molar-refractivity contribution is 0.482. The molecule has 0 radical (unpaired) electrons. The number of rotatable bonds is 1. The minimum atomic E-state index is -4.18. The van der Waals surface area contributed by atoms with Crippen LogP contribution in [0.15, 0.2) is 22.0 Å². The predicted octanol–water partition coefficient (Wildman–Crippen LogP) is 2.92. The molecule has 92 valence electrons. The van der Waals surface area contributed by atoms with Crippen molar-refractivity contribution in [1.82, 2.24) is 0 Å². The van der Waals surface area contributed by atoms with Gasteiger partial charge in [0, 0.05) is 14.7 Å². The fourth-order valence-corrected chi connectivity index (χ4v) is 3.71. The number of hydrogen-bond donors (Lipinski definition) is 1. The van der Waals surface area contributed by atoms with E-state index in [1.165, 1.54) is 6.07 Å². The summed E-state index contributed by atoms with van der Waals surface area (Å²) in [5, 5.41) is 0. The van der Waals surface area contributed by atoms with Gasteiger partial charge < -0.3 is 0 Å². The zero-order chi connectivity index (χ0) is 13.0. The molecule has 17 heavy (non-hydrogen) atoms. The summed E-state index contributed by atoms with van der Waals surface area (Å²) in [4.78, 5) is 4.38. The average Bonchev–Trinajstić information content (AvgIpc) is 2.34. The first-order chi connectivity index (χ1) is 7.64. The van der Waals surface area contributed by atoms with Crippen LogP contribution in [0, 0.1) is 3.57 Å². The first kappa shape index (κ1) is 13.0. The number of halogens is 1. The van der Waals surface area contributed by atoms with Crippen molar-refractivity contribution in [2.24, 2.45) is 4.99 Å². The lowest BCUT2D eigenvalue weighted by atomic mass is 9.82. The van der Waals surface area contributed by atoms with Crippen LogP contribution in [-0.4, -0.2) is 18.7 Å². The summed E-state index contributed by atoms with van der Waals surface area (Å²) < 4.78 is 32.2. The Labute approximate surface area is 114 Å². The quantitative estimate of drug-likeness (QED) is 0.615. The van der Waals surface area contributed by atoms with Gasteiger partial charge >= 0.3 is 0 Å². The van der Waals surface area contributed by atoms with Crippen LogP contribution in [-0.2, 0) is 15.5 Å². The van der Waals surface area contributed by atoms with Gasteiger partial charge in [-0.25, -0.2) is 0 Å². The maximum atomic E-state index is 11.3. The van der Waals surface area contributed by atoms with E-state index in [0.29, 0.717) is 3.57 Å². The molecule has 0 fully saturated rings. The number of nitrogens with zero attached hydrogens (tertiary/aromatic N) is 1. The smallest absolute Gasteiger partial charge is 0.282 e. The highest BCUT2D eigenvalue weighted by molar-refractivity contribution is 14.1. The number of hydrogen-bond acceptors (Lipinski definition) is 3. The lowest BCUT2D eigenvalue weighted by Crippen LogP contribution is -2.23. The monoisotopic (exact) mass is 365 g/mol. The van der Waals surface area contributed by atoms with Crippen molar-refractivity contribution in [3.05, 3.63) is 21.3 Å². The number of fused-ring (bicyclic) bond motifs is 1. The second-order valence-corrected chi connectivity index (χ2v) is 7.15. The Hall–Kier alpha value is -0.470. The predicted molar refractivity (Wildman–Crippen MR) is 74.8 cm³/mol. The van der Waals surface area contributed by atoms with Crippen LogP contribution in [0.3, 0.4) is 0 Å². The van der Waals surface area contributed by atoms with Crippen molar-refractivity contribution in [2.45, 2.75) is 31.1 Å². The number of aliphatic imine (C=N–C) groups is 1. The third-order valence-corrected chi connectivity index (χ3v) is 5.35. The van der Waals surface area contributed by atoms with E-state index in [-0.39, 0.29) is 10.3 Å². The first-order valence-electron chi connectivity index (χ1n) is 5.01. The van der Waals surface area contributed by atoms with E-state index < -0.39 is 10.1 Å². The molecule has 2 rings (SSSR count). The van der Waals surface area contributed by atoms with Crippen LogP contribution in [0.5, 0.6) is 0 Å². The number of benzene rings is 1. The Bertz CT molecular complexity index is 632. The first-order valence-corrected chi connectivity index (χ1v) is 7.53. The minimum Gasteiger partial charge on any atom is -0.282 e. The highest BCUT2D eigenvalue weighted by atomic mass is 127. The third kappa shape index (κ3) is 2.02. The van der Waals surface area contributed by atoms with Gasteiger partial charge in [0.2, 0.25) is 0 Å². The molecule has 0 aliphatic carbocycles. The minimum absolute atomic E-state index is 0.0465. The van der Waals surface area contributed by atoms with Gasteiger partial charge in [-0.2, -0.15) is 8.42 Å². The summed E-state index contributed by atoms with van der Waals surface area (Å²) in [5.41, 5.74) is 2.27. The molecule has 6 heteroatoms. The van der Waals surface area contributed by atoms with E-state index >= 15 is 0 Å². The SMILES string of the molecule is CC1=Nc2cc(I)c(S(=O)(=O)O)cc2C1(C)C. The molecule has 1 aromatic rings. The van der Waals surface area contributed by atoms with Gasteiger partial charge in [-0.05, 0) is 47.2 Å². The van der Waals surface area contributed by atoms with E-state index in [0.717, 1.165) is 17.0 Å². The van der Waals surface area contributed by atoms with Gasteiger partial charge in [0.05, 0.1) is 5.69 Å². The highest BCUT2D eigenvalue weighted by Gasteiger charge is 2.34. The van der Waals surface area contributed by atoms with E-state index in [1.54, 1.807) is 6.07 Å². The molecule has 0 unspecified atom stereocenters. The highest BCUT2D eigenvalue weighted by Crippen LogP contribution is 2.42. The summed E-state index contributed by atoms with van der Waals surface area (Å²) in [6.07, 6.45) is 0. The Kier molecular flexibility index (Phi) is 2.87. The molecular weight excluding hydrogens is 353 g/mol. The Balaban J connectivity index is 2.75. The maximum absolute atomic E-state index is 11.3. The van der Waals surface area contributed by atoms with Gasteiger partial charge in [0.25, 0.3) is 10.1 Å². The van der Waals surface area contributed by atoms with Crippen LogP contribution in [0.4, 0.5) is 5.69 Å². The fraction of sp³-hybridized carbons (Fsp3) is 0.364. The molecule has 1 N–H and O–H groups in total. The van der Waals surface area contributed by atoms with Crippen LogP contribution in [0.1, 0.15) is 26.3 Å². The zero-order valence-corrected chi connectivity index (χ0v) is 12.6. The Morgan fingerprint density at radius 3 is 2.47 bits per heavy atom. The topological polar surface area (TPSA) is 66.7 Å². The molecule has 4 nitrogen and oxygen atoms in total. The molecule has 1 aliphatic rings. The van der Waals surface area contributed by atoms with E-state index in [2.05, 4.69) is 4.99 Å². The summed E-state index contributed by atoms with van der Waals surface area (Å²) >= 11 is 1.89. The third-order valence-electron chi connectivity index (χ3n) is 3.19. The van der Waals surface area contributed by atoms with E-state index in [1.807, 2.05) is 43.4 Å². The summed E-state index contributed by atoms with van der Waals surface area (Å²) in [6, 6.07) is 3.21. The van der Waals surface area contributed by atoms with Gasteiger partial charge in [0.15, 0.2) is 0 Å². The fourth-order valence-electron chi connectivity index (χ4n) is 1.85. The molecule has 1 aliphatic heterocycles. The normalized spacial score (nSPS) is 17.8. The molecule has 0 saturated carbocycles. The molecule has 1 heterocycles. The van der Waals surface area contributed by atoms with E-state index in [4.69, 9.17) is 4.55 Å². The second-order valence-electron chi connectivity index (χ2n) is 4.60. The molecule has 0 saturated heterocycles. The molecule has 0 amide bonds. The van der Waals surface area contributed by atoms with Crippen molar-refractivity contribution in [1.29, 1.82) is 0 Å². The van der Waals surface area contributed by atoms with Crippen LogP contribution >= 0.6 is 22.6 Å². The summed E-state index contributed by atoms with van der Waals surface area (Å²) in [6.45, 7) is 5.89. The summed E-state index contributed by atoms with van der Waals surface area (Å²) in [5.74, 6) is 0. The van der Waals surface area contributed by atoms with Crippen molar-refractivity contribution in [3.8, 4) is 0 Å². The van der Waals surface area contributed by atoms with Crippen molar-refractivity contribution >= 4 is 44.1 Å². The van der Waals surface area contributed by atoms with E-state index in [9.17, 15) is 8.42 Å². The van der Waals surface area contributed by atoms with Crippen molar-refractivity contribution < 1.29 is 13.0 Å². The van der Waals surface area contributed by atoms with Crippen LogP contribution in [0.25, 0.3) is 0 Å². The zero-order valence-electron chi connectivity index (χ0n) is 9.65. The van der Waals surface area contributed by atoms with Crippen LogP contribution < -0.4 is 0 Å². The van der Waals surface area contributed by atoms with Crippen molar-refractivity contribution in [3.63, 3.8) is 0 Å². The van der Waals surface area contributed by atoms with Gasteiger partial charge in [-0.1, -0.05) is 13.8 Å². The molecule has 0 atom stereocenters. The van der Waals surface area contributed by atoms with Crippen LogP contribution in [0.2, 0.25) is 0 Å². The molecule has 0 aromatic heterocycles.